The third-order valence-corrected chi connectivity index (χ3v) is 6.09. The summed E-state index contributed by atoms with van der Waals surface area (Å²) in [6.07, 6.45) is 0. The van der Waals surface area contributed by atoms with Gasteiger partial charge in [0.2, 0.25) is 0 Å². The molecule has 0 amide bonds. The van der Waals surface area contributed by atoms with Gasteiger partial charge in [-0.3, -0.25) is 0 Å². The number of para-hydroxylation sites is 1. The summed E-state index contributed by atoms with van der Waals surface area (Å²) in [5, 5.41) is 10.6. The monoisotopic (exact) mass is 454 g/mol. The largest absolute Gasteiger partial charge is 0.508 e. The lowest BCUT2D eigenvalue weighted by molar-refractivity contribution is 0.408. The first kappa shape index (κ1) is 22.5. The Morgan fingerprint density at radius 2 is 1.30 bits per heavy atom. The maximum Gasteiger partial charge on any atom is 0.169 e. The zero-order valence-electron chi connectivity index (χ0n) is 18.5. The molecule has 4 aromatic rings. The Labute approximate surface area is 199 Å². The van der Waals surface area contributed by atoms with E-state index in [1.165, 1.54) is 0 Å². The molecule has 4 aromatic carbocycles. The van der Waals surface area contributed by atoms with Gasteiger partial charge in [0.1, 0.15) is 11.5 Å². The van der Waals surface area contributed by atoms with Gasteiger partial charge in [-0.2, -0.15) is 0 Å². The Bertz CT molecular complexity index is 1160. The zero-order valence-corrected chi connectivity index (χ0v) is 19.3. The molecule has 5 heteroatoms. The van der Waals surface area contributed by atoms with Crippen LogP contribution in [0.4, 0.5) is 5.69 Å². The second-order valence-corrected chi connectivity index (χ2v) is 8.56. The van der Waals surface area contributed by atoms with Gasteiger partial charge >= 0.3 is 0 Å². The lowest BCUT2D eigenvalue weighted by Gasteiger charge is -2.26. The van der Waals surface area contributed by atoms with Crippen LogP contribution in [0.5, 0.6) is 11.5 Å². The lowest BCUT2D eigenvalue weighted by atomic mass is 10.1. The number of phenolic OH excluding ortho intramolecular Hbond substituents is 1. The van der Waals surface area contributed by atoms with Crippen molar-refractivity contribution in [1.82, 2.24) is 4.90 Å². The van der Waals surface area contributed by atoms with E-state index in [0.717, 1.165) is 32.6 Å². The molecule has 0 unspecified atom stereocenters. The van der Waals surface area contributed by atoms with Gasteiger partial charge in [0.15, 0.2) is 5.17 Å². The summed E-state index contributed by atoms with van der Waals surface area (Å²) in [7, 11) is 1.67. The highest BCUT2D eigenvalue weighted by molar-refractivity contribution is 8.13. The van der Waals surface area contributed by atoms with Gasteiger partial charge in [-0.05, 0) is 59.7 Å². The van der Waals surface area contributed by atoms with Crippen molar-refractivity contribution >= 4 is 22.6 Å². The molecule has 0 radical (unpaired) electrons. The molecule has 0 atom stereocenters. The van der Waals surface area contributed by atoms with E-state index < -0.39 is 0 Å². The average Bonchev–Trinajstić information content (AvgIpc) is 2.86. The molecule has 0 aliphatic rings. The van der Waals surface area contributed by atoms with E-state index in [0.29, 0.717) is 13.1 Å². The number of hydrogen-bond donors (Lipinski definition) is 1. The molecule has 4 rings (SSSR count). The minimum atomic E-state index is 0.261. The summed E-state index contributed by atoms with van der Waals surface area (Å²) in [6, 6.07) is 35.8. The van der Waals surface area contributed by atoms with Crippen LogP contribution in [0.1, 0.15) is 11.1 Å². The number of phenols is 1. The van der Waals surface area contributed by atoms with E-state index in [9.17, 15) is 5.11 Å². The van der Waals surface area contributed by atoms with Crippen molar-refractivity contribution in [3.8, 4) is 11.5 Å². The minimum Gasteiger partial charge on any atom is -0.508 e. The van der Waals surface area contributed by atoms with Crippen molar-refractivity contribution in [1.29, 1.82) is 0 Å². The van der Waals surface area contributed by atoms with Crippen molar-refractivity contribution in [2.45, 2.75) is 18.0 Å². The molecule has 0 aromatic heterocycles. The van der Waals surface area contributed by atoms with Crippen molar-refractivity contribution in [2.24, 2.45) is 4.99 Å². The Morgan fingerprint density at radius 3 is 1.88 bits per heavy atom. The predicted octanol–water partition coefficient (Wildman–Crippen LogP) is 6.88. The van der Waals surface area contributed by atoms with Crippen LogP contribution >= 0.6 is 11.8 Å². The molecule has 0 heterocycles. The molecule has 0 aliphatic carbocycles. The summed E-state index contributed by atoms with van der Waals surface area (Å²) in [5.74, 6) is 1.10. The Balaban J connectivity index is 1.71. The van der Waals surface area contributed by atoms with Crippen LogP contribution in [-0.2, 0) is 13.1 Å². The number of methoxy groups -OCH3 is 1. The van der Waals surface area contributed by atoms with E-state index in [1.807, 2.05) is 72.8 Å². The molecular formula is C28H26N2O2S. The summed E-state index contributed by atoms with van der Waals surface area (Å²) >= 11 is 1.64. The third-order valence-electron chi connectivity index (χ3n) is 5.05. The van der Waals surface area contributed by atoms with Gasteiger partial charge in [-0.1, -0.05) is 72.4 Å². The molecular weight excluding hydrogens is 428 g/mol. The van der Waals surface area contributed by atoms with E-state index in [-0.39, 0.29) is 5.75 Å². The van der Waals surface area contributed by atoms with Crippen molar-refractivity contribution < 1.29 is 9.84 Å². The lowest BCUT2D eigenvalue weighted by Crippen LogP contribution is -2.28. The number of thioether (sulfide) groups is 1. The second-order valence-electron chi connectivity index (χ2n) is 7.52. The maximum atomic E-state index is 9.72. The number of aliphatic imine (C=N–C) groups is 1. The van der Waals surface area contributed by atoms with Gasteiger partial charge in [0, 0.05) is 18.0 Å². The SMILES string of the molecule is COc1ccc(CN(Cc2ccc(O)cc2)C(=Nc2ccccc2)Sc2ccccc2)cc1. The van der Waals surface area contributed by atoms with Crippen molar-refractivity contribution in [3.63, 3.8) is 0 Å². The fourth-order valence-corrected chi connectivity index (χ4v) is 4.24. The molecule has 0 saturated heterocycles. The third kappa shape index (κ3) is 6.64. The summed E-state index contributed by atoms with van der Waals surface area (Å²) < 4.78 is 5.32. The Hall–Kier alpha value is -3.70. The summed E-state index contributed by atoms with van der Waals surface area (Å²) in [5.41, 5.74) is 3.15. The predicted molar refractivity (Wildman–Crippen MR) is 136 cm³/mol. The van der Waals surface area contributed by atoms with E-state index in [1.54, 1.807) is 31.0 Å². The van der Waals surface area contributed by atoms with E-state index in [2.05, 4.69) is 29.2 Å². The summed E-state index contributed by atoms with van der Waals surface area (Å²) in [6.45, 7) is 1.33. The van der Waals surface area contributed by atoms with Crippen LogP contribution in [0.2, 0.25) is 0 Å². The topological polar surface area (TPSA) is 45.1 Å². The molecule has 0 fully saturated rings. The van der Waals surface area contributed by atoms with E-state index >= 15 is 0 Å². The molecule has 166 valence electrons. The Kier molecular flexibility index (Phi) is 7.67. The molecule has 0 aliphatic heterocycles. The van der Waals surface area contributed by atoms with E-state index in [4.69, 9.17) is 9.73 Å². The molecule has 33 heavy (non-hydrogen) atoms. The summed E-state index contributed by atoms with van der Waals surface area (Å²) in [4.78, 5) is 8.41. The smallest absolute Gasteiger partial charge is 0.169 e. The van der Waals surface area contributed by atoms with Crippen LogP contribution < -0.4 is 4.74 Å². The first-order valence-electron chi connectivity index (χ1n) is 10.7. The van der Waals surface area contributed by atoms with Crippen LogP contribution in [0.25, 0.3) is 0 Å². The normalized spacial score (nSPS) is 11.2. The molecule has 0 bridgehead atoms. The standard InChI is InChI=1S/C28H26N2O2S/c1-32-26-18-14-23(15-19-26)21-30(20-22-12-16-25(31)17-13-22)28(29-24-8-4-2-5-9-24)33-27-10-6-3-7-11-27/h2-19,31H,20-21H2,1H3. The van der Waals surface area contributed by atoms with Crippen LogP contribution in [-0.4, -0.2) is 22.3 Å². The first-order chi connectivity index (χ1) is 16.2. The van der Waals surface area contributed by atoms with Crippen LogP contribution in [0, 0.1) is 0 Å². The molecule has 0 saturated carbocycles. The van der Waals surface area contributed by atoms with Gasteiger partial charge in [0.25, 0.3) is 0 Å². The molecule has 4 nitrogen and oxygen atoms in total. The van der Waals surface area contributed by atoms with Crippen molar-refractivity contribution in [3.05, 3.63) is 120 Å². The van der Waals surface area contributed by atoms with Gasteiger partial charge in [-0.25, -0.2) is 4.99 Å². The maximum absolute atomic E-state index is 9.72. The van der Waals surface area contributed by atoms with Gasteiger partial charge < -0.3 is 14.7 Å². The fourth-order valence-electron chi connectivity index (χ4n) is 3.33. The Morgan fingerprint density at radius 1 is 0.758 bits per heavy atom. The fraction of sp³-hybridized carbons (Fsp3) is 0.107. The first-order valence-corrected chi connectivity index (χ1v) is 11.5. The number of rotatable bonds is 7. The van der Waals surface area contributed by atoms with Crippen LogP contribution in [0.15, 0.2) is 119 Å². The quantitative estimate of drug-likeness (QED) is 0.188. The number of amidine groups is 1. The number of aromatic hydroxyl groups is 1. The molecule has 1 N–H and O–H groups in total. The number of benzene rings is 4. The molecule has 0 spiro atoms. The minimum absolute atomic E-state index is 0.261. The highest BCUT2D eigenvalue weighted by atomic mass is 32.2. The van der Waals surface area contributed by atoms with Gasteiger partial charge in [-0.15, -0.1) is 0 Å². The number of ether oxygens (including phenoxy) is 1. The highest BCUT2D eigenvalue weighted by Crippen LogP contribution is 2.27. The highest BCUT2D eigenvalue weighted by Gasteiger charge is 2.16. The number of nitrogens with zero attached hydrogens (tertiary/aromatic N) is 2. The second kappa shape index (κ2) is 11.2. The number of hydrogen-bond acceptors (Lipinski definition) is 4. The average molecular weight is 455 g/mol. The van der Waals surface area contributed by atoms with Crippen LogP contribution in [0.3, 0.4) is 0 Å². The zero-order chi connectivity index (χ0) is 22.9. The van der Waals surface area contributed by atoms with Gasteiger partial charge in [0.05, 0.1) is 12.8 Å². The van der Waals surface area contributed by atoms with Crippen molar-refractivity contribution in [2.75, 3.05) is 7.11 Å².